The summed E-state index contributed by atoms with van der Waals surface area (Å²) in [6.45, 7) is 1.95. The number of ketones is 1. The smallest absolute Gasteiger partial charge is 0.263 e. The summed E-state index contributed by atoms with van der Waals surface area (Å²) >= 11 is 0. The number of aryl methyl sites for hydroxylation is 1. The molecule has 2 heterocycles. The molecule has 0 aliphatic heterocycles. The van der Waals surface area contributed by atoms with E-state index < -0.39 is 26.7 Å². The Hall–Kier alpha value is -3.91. The predicted molar refractivity (Wildman–Crippen MR) is 150 cm³/mol. The Morgan fingerprint density at radius 1 is 1.12 bits per heavy atom. The first-order valence-corrected chi connectivity index (χ1v) is 14.7. The molecule has 214 valence electrons. The number of anilines is 1. The van der Waals surface area contributed by atoms with Gasteiger partial charge in [0.15, 0.2) is 5.78 Å². The lowest BCUT2D eigenvalue weighted by Crippen LogP contribution is -2.44. The van der Waals surface area contributed by atoms with Gasteiger partial charge in [-0.1, -0.05) is 24.3 Å². The lowest BCUT2D eigenvalue weighted by molar-refractivity contribution is -0.151. The second-order valence-electron chi connectivity index (χ2n) is 11.0. The van der Waals surface area contributed by atoms with Gasteiger partial charge in [-0.05, 0) is 49.4 Å². The van der Waals surface area contributed by atoms with E-state index in [2.05, 4.69) is 15.3 Å². The molecule has 0 spiro atoms. The van der Waals surface area contributed by atoms with Crippen LogP contribution < -0.4 is 15.8 Å². The van der Waals surface area contributed by atoms with Crippen LogP contribution in [0.1, 0.15) is 43.7 Å². The van der Waals surface area contributed by atoms with Gasteiger partial charge in [-0.2, -0.15) is 5.10 Å². The minimum Gasteiger partial charge on any atom is -0.377 e. The summed E-state index contributed by atoms with van der Waals surface area (Å²) in [5, 5.41) is 15.0. The Balaban J connectivity index is 1.56. The number of hydrogen-bond donors (Lipinski definition) is 3. The van der Waals surface area contributed by atoms with Gasteiger partial charge in [0, 0.05) is 36.3 Å². The molecule has 0 radical (unpaired) electrons. The molecule has 41 heavy (non-hydrogen) atoms. The molecule has 13 heteroatoms. The third-order valence-corrected chi connectivity index (χ3v) is 9.48. The van der Waals surface area contributed by atoms with Crippen LogP contribution >= 0.6 is 0 Å². The van der Waals surface area contributed by atoms with E-state index in [-0.39, 0.29) is 34.1 Å². The number of sulfonamides is 1. The van der Waals surface area contributed by atoms with E-state index in [1.165, 1.54) is 23.8 Å². The first-order chi connectivity index (χ1) is 19.4. The Morgan fingerprint density at radius 3 is 2.41 bits per heavy atom. The molecule has 2 aromatic carbocycles. The average molecular weight is 579 g/mol. The van der Waals surface area contributed by atoms with Crippen molar-refractivity contribution in [1.29, 1.82) is 0 Å². The number of hydrogen-bond acceptors (Lipinski definition) is 9. The first-order valence-electron chi connectivity index (χ1n) is 13.2. The maximum absolute atomic E-state index is 14.0. The van der Waals surface area contributed by atoms with Crippen LogP contribution in [0.5, 0.6) is 0 Å². The van der Waals surface area contributed by atoms with E-state index >= 15 is 0 Å². The Bertz CT molecular complexity index is 1860. The van der Waals surface area contributed by atoms with Crippen molar-refractivity contribution < 1.29 is 23.2 Å². The number of aromatic nitrogens is 4. The molecule has 6 rings (SSSR count). The number of carbonyl (C=O) groups excluding carboxylic acids is 1. The number of aliphatic hydroxyl groups is 1. The molecule has 1 unspecified atom stereocenters. The number of nitrogens with zero attached hydrogens (tertiary/aromatic N) is 4. The SMILES string of the molecule is CONc1nc2c(-c3ccc(C4(O)CCC4=O)cc3)cc(S(=O)(=O)NC3(C)CC3)cc2c(=O)n1Cc1cnn(C)c1. The van der Waals surface area contributed by atoms with Gasteiger partial charge < -0.3 is 5.11 Å². The first kappa shape index (κ1) is 27.3. The van der Waals surface area contributed by atoms with E-state index in [1.807, 2.05) is 6.92 Å². The molecule has 2 aliphatic rings. The topological polar surface area (TPSA) is 157 Å². The van der Waals surface area contributed by atoms with E-state index in [4.69, 9.17) is 9.82 Å². The number of benzene rings is 2. The van der Waals surface area contributed by atoms with Crippen LogP contribution in [0, 0.1) is 0 Å². The van der Waals surface area contributed by atoms with E-state index in [9.17, 15) is 23.1 Å². The highest BCUT2D eigenvalue weighted by atomic mass is 32.2. The number of fused-ring (bicyclic) bond motifs is 1. The maximum Gasteiger partial charge on any atom is 0.263 e. The Labute approximate surface area is 236 Å². The molecule has 0 bridgehead atoms. The van der Waals surface area contributed by atoms with Gasteiger partial charge in [-0.25, -0.2) is 23.6 Å². The molecule has 4 aromatic rings. The summed E-state index contributed by atoms with van der Waals surface area (Å²) in [5.41, 5.74) is 2.58. The number of nitrogens with one attached hydrogen (secondary N) is 2. The lowest BCUT2D eigenvalue weighted by Gasteiger charge is -2.35. The van der Waals surface area contributed by atoms with Crippen LogP contribution in [0.25, 0.3) is 22.0 Å². The lowest BCUT2D eigenvalue weighted by atomic mass is 9.73. The van der Waals surface area contributed by atoms with Crippen molar-refractivity contribution in [3.63, 3.8) is 0 Å². The third-order valence-electron chi connectivity index (χ3n) is 7.86. The van der Waals surface area contributed by atoms with Crippen LogP contribution in [0.15, 0.2) is 58.5 Å². The quantitative estimate of drug-likeness (QED) is 0.253. The third kappa shape index (κ3) is 4.84. The molecular formula is C28H30N6O6S. The Morgan fingerprint density at radius 2 is 1.85 bits per heavy atom. The van der Waals surface area contributed by atoms with Crippen molar-refractivity contribution in [2.75, 3.05) is 12.6 Å². The molecule has 2 saturated carbocycles. The minimum atomic E-state index is -3.98. The highest BCUT2D eigenvalue weighted by molar-refractivity contribution is 7.89. The normalized spacial score (nSPS) is 19.8. The van der Waals surface area contributed by atoms with Crippen molar-refractivity contribution in [2.45, 2.75) is 55.2 Å². The van der Waals surface area contributed by atoms with E-state index in [1.54, 1.807) is 48.4 Å². The largest absolute Gasteiger partial charge is 0.377 e. The zero-order chi connectivity index (χ0) is 29.2. The van der Waals surface area contributed by atoms with Crippen LogP contribution in [-0.2, 0) is 38.8 Å². The molecule has 12 nitrogen and oxygen atoms in total. The van der Waals surface area contributed by atoms with E-state index in [0.717, 1.165) is 18.4 Å². The monoisotopic (exact) mass is 578 g/mol. The van der Waals surface area contributed by atoms with Gasteiger partial charge in [0.25, 0.3) is 5.56 Å². The van der Waals surface area contributed by atoms with Gasteiger partial charge in [-0.15, -0.1) is 0 Å². The maximum atomic E-state index is 14.0. The summed E-state index contributed by atoms with van der Waals surface area (Å²) in [4.78, 5) is 35.8. The summed E-state index contributed by atoms with van der Waals surface area (Å²) in [7, 11) is -0.817. The fourth-order valence-electron chi connectivity index (χ4n) is 5.09. The number of carbonyl (C=O) groups is 1. The van der Waals surface area contributed by atoms with Crippen molar-refractivity contribution >= 4 is 32.7 Å². The van der Waals surface area contributed by atoms with Crippen molar-refractivity contribution in [2.24, 2.45) is 7.05 Å². The summed E-state index contributed by atoms with van der Waals surface area (Å²) in [6, 6.07) is 9.49. The Kier molecular flexibility index (Phi) is 6.37. The number of Topliss-reactive ketones (excluding diaryl/α,β-unsaturated/α-hetero) is 1. The molecule has 0 amide bonds. The predicted octanol–water partition coefficient (Wildman–Crippen LogP) is 2.20. The molecule has 2 aliphatic carbocycles. The molecular weight excluding hydrogens is 548 g/mol. The molecule has 1 atom stereocenters. The molecule has 0 saturated heterocycles. The standard InChI is InChI=1S/C28H30N6O6S/c1-27(10-11-27)32-41(38,39)20-12-21(18-4-6-19(7-5-18)28(37)9-8-23(28)35)24-22(13-20)25(36)34(26(30-24)31-40-3)16-17-14-29-33(2)15-17/h4-7,12-15,32,37H,8-11,16H2,1-3H3,(H,30,31). The number of rotatable bonds is 9. The van der Waals surface area contributed by atoms with Gasteiger partial charge in [0.2, 0.25) is 16.0 Å². The highest BCUT2D eigenvalue weighted by Crippen LogP contribution is 2.40. The van der Waals surface area contributed by atoms with Crippen LogP contribution in [0.3, 0.4) is 0 Å². The summed E-state index contributed by atoms with van der Waals surface area (Å²) in [5.74, 6) is -0.116. The second-order valence-corrected chi connectivity index (χ2v) is 12.7. The minimum absolute atomic E-state index is 0.0655. The zero-order valence-corrected chi connectivity index (χ0v) is 23.7. The molecule has 3 N–H and O–H groups in total. The van der Waals surface area contributed by atoms with Crippen molar-refractivity contribution in [1.82, 2.24) is 24.1 Å². The fraction of sp³-hybridized carbons (Fsp3) is 0.357. The highest BCUT2D eigenvalue weighted by Gasteiger charge is 2.45. The zero-order valence-electron chi connectivity index (χ0n) is 22.8. The van der Waals surface area contributed by atoms with Gasteiger partial charge in [0.1, 0.15) is 5.60 Å². The summed E-state index contributed by atoms with van der Waals surface area (Å²) < 4.78 is 32.7. The van der Waals surface area contributed by atoms with Gasteiger partial charge >= 0.3 is 0 Å². The average Bonchev–Trinajstić information content (AvgIpc) is 3.51. The van der Waals surface area contributed by atoms with Gasteiger partial charge in [0.05, 0.1) is 35.6 Å². The van der Waals surface area contributed by atoms with Crippen LogP contribution in [-0.4, -0.2) is 51.3 Å². The molecule has 2 fully saturated rings. The van der Waals surface area contributed by atoms with E-state index in [0.29, 0.717) is 29.5 Å². The second kappa shape index (κ2) is 9.58. The van der Waals surface area contributed by atoms with Crippen molar-refractivity contribution in [3.8, 4) is 11.1 Å². The van der Waals surface area contributed by atoms with Gasteiger partial charge in [-0.3, -0.25) is 23.7 Å². The molecule has 2 aromatic heterocycles. The van der Waals surface area contributed by atoms with Crippen molar-refractivity contribution in [3.05, 3.63) is 70.3 Å². The summed E-state index contributed by atoms with van der Waals surface area (Å²) in [6.07, 6.45) is 5.50. The fourth-order valence-corrected chi connectivity index (χ4v) is 6.61. The van der Waals surface area contributed by atoms with Crippen LogP contribution in [0.4, 0.5) is 5.95 Å². The van der Waals surface area contributed by atoms with Crippen LogP contribution in [0.2, 0.25) is 0 Å².